The molecule has 0 amide bonds. The SMILES string of the molecule is C#CC(C)(C)c1cccc(C(=O)Cc2ccc(C)c(Cc3ccc4ncn(C)c(=O)c4c3)c2)c1. The van der Waals surface area contributed by atoms with Crippen LogP contribution in [-0.2, 0) is 25.3 Å². The molecule has 0 atom stereocenters. The number of aryl methyl sites for hydroxylation is 2. The molecule has 1 heterocycles. The third-order valence-electron chi connectivity index (χ3n) is 6.42. The molecule has 0 aliphatic carbocycles. The standard InChI is InChI=1S/C30H28N2O2/c1-6-30(3,4)25-9-7-8-23(18-25)28(33)17-22-11-10-20(2)24(15-22)14-21-12-13-27-26(16-21)29(34)32(5)19-31-27/h1,7-13,15-16,18-19H,14,17H2,2-5H3. The zero-order valence-electron chi connectivity index (χ0n) is 20.1. The molecule has 0 bridgehead atoms. The molecule has 0 N–H and O–H groups in total. The van der Waals surface area contributed by atoms with Gasteiger partial charge in [0.15, 0.2) is 5.78 Å². The van der Waals surface area contributed by atoms with Crippen LogP contribution in [0.1, 0.15) is 52.0 Å². The molecule has 0 aliphatic heterocycles. The highest BCUT2D eigenvalue weighted by Crippen LogP contribution is 2.24. The zero-order chi connectivity index (χ0) is 24.5. The summed E-state index contributed by atoms with van der Waals surface area (Å²) in [5, 5.41) is 0.612. The number of benzene rings is 3. The fraction of sp³-hybridized carbons (Fsp3) is 0.233. The highest BCUT2D eigenvalue weighted by atomic mass is 16.1. The minimum Gasteiger partial charge on any atom is -0.302 e. The Hall–Kier alpha value is -3.97. The first-order valence-corrected chi connectivity index (χ1v) is 11.3. The van der Waals surface area contributed by atoms with Gasteiger partial charge in [-0.2, -0.15) is 0 Å². The molecule has 3 aromatic carbocycles. The van der Waals surface area contributed by atoms with Crippen molar-refractivity contribution in [1.29, 1.82) is 0 Å². The van der Waals surface area contributed by atoms with E-state index in [0.29, 0.717) is 29.3 Å². The molecule has 1 aromatic heterocycles. The number of hydrogen-bond donors (Lipinski definition) is 0. The van der Waals surface area contributed by atoms with Crippen LogP contribution in [0.2, 0.25) is 0 Å². The van der Waals surface area contributed by atoms with Gasteiger partial charge in [-0.25, -0.2) is 4.98 Å². The van der Waals surface area contributed by atoms with E-state index in [1.807, 2.05) is 62.4 Å². The highest BCUT2D eigenvalue weighted by Gasteiger charge is 2.19. The predicted octanol–water partition coefficient (Wildman–Crippen LogP) is 5.17. The van der Waals surface area contributed by atoms with Gasteiger partial charge in [0.1, 0.15) is 0 Å². The van der Waals surface area contributed by atoms with E-state index >= 15 is 0 Å². The lowest BCUT2D eigenvalue weighted by Crippen LogP contribution is -2.17. The second-order valence-electron chi connectivity index (χ2n) is 9.40. The number of ketones is 1. The maximum Gasteiger partial charge on any atom is 0.260 e. The van der Waals surface area contributed by atoms with Crippen molar-refractivity contribution in [1.82, 2.24) is 9.55 Å². The molecule has 4 rings (SSSR count). The van der Waals surface area contributed by atoms with Crippen LogP contribution >= 0.6 is 0 Å². The molecule has 4 heteroatoms. The zero-order valence-corrected chi connectivity index (χ0v) is 20.1. The van der Waals surface area contributed by atoms with Crippen molar-refractivity contribution in [2.24, 2.45) is 7.05 Å². The van der Waals surface area contributed by atoms with E-state index in [4.69, 9.17) is 6.42 Å². The molecule has 4 aromatic rings. The Bertz CT molecular complexity index is 1500. The first kappa shape index (κ1) is 23.2. The van der Waals surface area contributed by atoms with Crippen LogP contribution in [0.25, 0.3) is 10.9 Å². The maximum absolute atomic E-state index is 13.1. The summed E-state index contributed by atoms with van der Waals surface area (Å²) in [6.07, 6.45) is 8.20. The second-order valence-corrected chi connectivity index (χ2v) is 9.40. The molecule has 170 valence electrons. The van der Waals surface area contributed by atoms with Crippen molar-refractivity contribution in [3.05, 3.63) is 111 Å². The van der Waals surface area contributed by atoms with Gasteiger partial charge in [-0.3, -0.25) is 9.59 Å². The molecule has 0 radical (unpaired) electrons. The number of nitrogens with zero attached hydrogens (tertiary/aromatic N) is 2. The molecule has 0 unspecified atom stereocenters. The van der Waals surface area contributed by atoms with Crippen molar-refractivity contribution in [3.8, 4) is 12.3 Å². The monoisotopic (exact) mass is 448 g/mol. The average molecular weight is 449 g/mol. The smallest absolute Gasteiger partial charge is 0.260 e. The van der Waals surface area contributed by atoms with E-state index in [9.17, 15) is 9.59 Å². The Kier molecular flexibility index (Phi) is 6.22. The Morgan fingerprint density at radius 1 is 1.06 bits per heavy atom. The highest BCUT2D eigenvalue weighted by molar-refractivity contribution is 5.97. The van der Waals surface area contributed by atoms with E-state index in [1.165, 1.54) is 10.9 Å². The average Bonchev–Trinajstić information content (AvgIpc) is 2.84. The third kappa shape index (κ3) is 4.70. The Morgan fingerprint density at radius 3 is 2.59 bits per heavy atom. The van der Waals surface area contributed by atoms with Gasteiger partial charge in [0, 0.05) is 19.0 Å². The fourth-order valence-electron chi connectivity index (χ4n) is 4.07. The van der Waals surface area contributed by atoms with Crippen LogP contribution in [-0.4, -0.2) is 15.3 Å². The molecule has 34 heavy (non-hydrogen) atoms. The van der Waals surface area contributed by atoms with Crippen molar-refractivity contribution in [3.63, 3.8) is 0 Å². The van der Waals surface area contributed by atoms with Gasteiger partial charge in [-0.15, -0.1) is 6.42 Å². The molecule has 0 saturated heterocycles. The summed E-state index contributed by atoms with van der Waals surface area (Å²) in [7, 11) is 1.70. The predicted molar refractivity (Wildman–Crippen MR) is 137 cm³/mol. The van der Waals surface area contributed by atoms with Gasteiger partial charge in [-0.1, -0.05) is 48.4 Å². The summed E-state index contributed by atoms with van der Waals surface area (Å²) in [5.74, 6) is 2.85. The first-order chi connectivity index (χ1) is 16.2. The van der Waals surface area contributed by atoms with Gasteiger partial charge in [-0.05, 0) is 73.2 Å². The minimum absolute atomic E-state index is 0.0573. The number of terminal acetylenes is 1. The third-order valence-corrected chi connectivity index (χ3v) is 6.42. The summed E-state index contributed by atoms with van der Waals surface area (Å²) in [5.41, 5.74) is 6.11. The van der Waals surface area contributed by atoms with E-state index in [2.05, 4.69) is 30.0 Å². The fourth-order valence-corrected chi connectivity index (χ4v) is 4.07. The van der Waals surface area contributed by atoms with Gasteiger partial charge in [0.25, 0.3) is 5.56 Å². The topological polar surface area (TPSA) is 52.0 Å². The summed E-state index contributed by atoms with van der Waals surface area (Å²) in [4.78, 5) is 29.9. The summed E-state index contributed by atoms with van der Waals surface area (Å²) in [6, 6.07) is 19.6. The van der Waals surface area contributed by atoms with Gasteiger partial charge < -0.3 is 4.57 Å². The van der Waals surface area contributed by atoms with Crippen LogP contribution in [0.15, 0.2) is 71.8 Å². The number of hydrogen-bond acceptors (Lipinski definition) is 3. The van der Waals surface area contributed by atoms with E-state index in [0.717, 1.165) is 27.8 Å². The molecule has 0 aliphatic rings. The number of aromatic nitrogens is 2. The van der Waals surface area contributed by atoms with Crippen LogP contribution in [0, 0.1) is 19.3 Å². The molecular formula is C30H28N2O2. The van der Waals surface area contributed by atoms with E-state index in [1.54, 1.807) is 7.05 Å². The van der Waals surface area contributed by atoms with Crippen LogP contribution in [0.4, 0.5) is 0 Å². The number of rotatable bonds is 6. The number of Topliss-reactive ketones (excluding diaryl/α,β-unsaturated/α-hetero) is 1. The van der Waals surface area contributed by atoms with Crippen molar-refractivity contribution >= 4 is 16.7 Å². The molecule has 0 saturated carbocycles. The lowest BCUT2D eigenvalue weighted by atomic mass is 9.84. The number of carbonyl (C=O) groups excluding carboxylic acids is 1. The second kappa shape index (κ2) is 9.11. The molecule has 0 spiro atoms. The first-order valence-electron chi connectivity index (χ1n) is 11.3. The Balaban J connectivity index is 1.59. The quantitative estimate of drug-likeness (QED) is 0.302. The van der Waals surface area contributed by atoms with Gasteiger partial charge >= 0.3 is 0 Å². The largest absolute Gasteiger partial charge is 0.302 e. The lowest BCUT2D eigenvalue weighted by molar-refractivity contribution is 0.0993. The van der Waals surface area contributed by atoms with Crippen LogP contribution in [0.3, 0.4) is 0 Å². The summed E-state index contributed by atoms with van der Waals surface area (Å²) in [6.45, 7) is 6.01. The van der Waals surface area contributed by atoms with Crippen molar-refractivity contribution < 1.29 is 4.79 Å². The Morgan fingerprint density at radius 2 is 1.82 bits per heavy atom. The number of carbonyl (C=O) groups is 1. The molecular weight excluding hydrogens is 420 g/mol. The number of fused-ring (bicyclic) bond motifs is 1. The van der Waals surface area contributed by atoms with Crippen LogP contribution < -0.4 is 5.56 Å². The van der Waals surface area contributed by atoms with Gasteiger partial charge in [0.2, 0.25) is 0 Å². The van der Waals surface area contributed by atoms with Crippen LogP contribution in [0.5, 0.6) is 0 Å². The van der Waals surface area contributed by atoms with Crippen molar-refractivity contribution in [2.75, 3.05) is 0 Å². The minimum atomic E-state index is -0.427. The van der Waals surface area contributed by atoms with E-state index in [-0.39, 0.29) is 11.3 Å². The van der Waals surface area contributed by atoms with E-state index < -0.39 is 5.41 Å². The maximum atomic E-state index is 13.1. The molecule has 4 nitrogen and oxygen atoms in total. The summed E-state index contributed by atoms with van der Waals surface area (Å²) >= 11 is 0. The normalized spacial score (nSPS) is 11.4. The summed E-state index contributed by atoms with van der Waals surface area (Å²) < 4.78 is 1.49. The molecule has 0 fully saturated rings. The lowest BCUT2D eigenvalue weighted by Gasteiger charge is -2.18. The Labute approximate surface area is 200 Å². The van der Waals surface area contributed by atoms with Gasteiger partial charge in [0.05, 0.1) is 22.6 Å². The van der Waals surface area contributed by atoms with Crippen molar-refractivity contribution in [2.45, 2.75) is 39.0 Å².